The molecule has 1 saturated heterocycles. The Labute approximate surface area is 136 Å². The summed E-state index contributed by atoms with van der Waals surface area (Å²) >= 11 is 0. The van der Waals surface area contributed by atoms with E-state index in [4.69, 9.17) is 9.47 Å². The Morgan fingerprint density at radius 3 is 1.92 bits per heavy atom. The second kappa shape index (κ2) is 5.19. The van der Waals surface area contributed by atoms with Crippen LogP contribution in [0.4, 0.5) is 0 Å². The molecule has 0 saturated carbocycles. The van der Waals surface area contributed by atoms with Gasteiger partial charge in [0.05, 0.1) is 17.7 Å². The molecule has 2 aliphatic rings. The molecule has 24 heavy (non-hydrogen) atoms. The zero-order chi connectivity index (χ0) is 17.6. The number of hydrogen-bond donors (Lipinski definition) is 1. The van der Waals surface area contributed by atoms with Crippen LogP contribution in [0.3, 0.4) is 0 Å². The maximum absolute atomic E-state index is 12.2. The van der Waals surface area contributed by atoms with Crippen molar-refractivity contribution in [2.24, 2.45) is 0 Å². The molecule has 3 rings (SSSR count). The number of aliphatic hydroxyl groups is 1. The lowest BCUT2D eigenvalue weighted by atomic mass is 10.1. The third kappa shape index (κ3) is 2.41. The van der Waals surface area contributed by atoms with Gasteiger partial charge in [0.2, 0.25) is 0 Å². The number of benzene rings is 1. The average Bonchev–Trinajstić information content (AvgIpc) is 2.71. The lowest BCUT2D eigenvalue weighted by molar-refractivity contribution is -0.222. The number of carbonyl (C=O) groups excluding carboxylic acids is 4. The van der Waals surface area contributed by atoms with Gasteiger partial charge in [0.15, 0.2) is 5.57 Å². The molecule has 0 unspecified atom stereocenters. The fourth-order valence-corrected chi connectivity index (χ4v) is 2.50. The van der Waals surface area contributed by atoms with E-state index in [1.54, 1.807) is 12.1 Å². The first-order valence-electron chi connectivity index (χ1n) is 7.05. The smallest absolute Gasteiger partial charge is 0.352 e. The Kier molecular flexibility index (Phi) is 3.40. The number of esters is 2. The first-order chi connectivity index (χ1) is 11.2. The topological polar surface area (TPSA) is 110 Å². The van der Waals surface area contributed by atoms with E-state index in [1.165, 1.54) is 26.0 Å². The molecule has 1 N–H and O–H groups in total. The lowest BCUT2D eigenvalue weighted by Gasteiger charge is -2.30. The largest absolute Gasteiger partial charge is 0.509 e. The highest BCUT2D eigenvalue weighted by atomic mass is 16.7. The fraction of sp³-hybridized carbons (Fsp3) is 0.250. The summed E-state index contributed by atoms with van der Waals surface area (Å²) in [5.41, 5.74) is -0.351. The number of ether oxygens (including phenoxy) is 2. The van der Waals surface area contributed by atoms with Crippen LogP contribution in [0, 0.1) is 0 Å². The average molecular weight is 331 g/mol. The Bertz CT molecular complexity index is 764. The first kappa shape index (κ1) is 15.7. The van der Waals surface area contributed by atoms with Crippen molar-refractivity contribution in [1.29, 1.82) is 0 Å². The van der Waals surface area contributed by atoms with Crippen molar-refractivity contribution in [3.8, 4) is 0 Å². The molecule has 0 radical (unpaired) electrons. The van der Waals surface area contributed by atoms with Crippen LogP contribution in [0.25, 0.3) is 0 Å². The van der Waals surface area contributed by atoms with Crippen LogP contribution in [0.5, 0.6) is 0 Å². The van der Waals surface area contributed by atoms with Gasteiger partial charge in [-0.15, -0.1) is 0 Å². The van der Waals surface area contributed by atoms with E-state index in [1.807, 2.05) is 0 Å². The Balaban J connectivity index is 1.89. The molecule has 0 bridgehead atoms. The molecule has 1 aromatic carbocycles. The van der Waals surface area contributed by atoms with Gasteiger partial charge in [0.1, 0.15) is 5.76 Å². The Morgan fingerprint density at radius 2 is 1.46 bits per heavy atom. The molecular formula is C16H13NO7. The number of rotatable bonds is 2. The van der Waals surface area contributed by atoms with Gasteiger partial charge in [0.25, 0.3) is 17.6 Å². The second-order valence-corrected chi connectivity index (χ2v) is 5.74. The van der Waals surface area contributed by atoms with Gasteiger partial charge in [-0.05, 0) is 12.1 Å². The number of fused-ring (bicyclic) bond motifs is 1. The molecule has 2 heterocycles. The predicted molar refractivity (Wildman–Crippen MR) is 77.7 cm³/mol. The molecule has 0 atom stereocenters. The van der Waals surface area contributed by atoms with Crippen molar-refractivity contribution >= 4 is 23.8 Å². The van der Waals surface area contributed by atoms with Crippen molar-refractivity contribution < 1.29 is 33.8 Å². The molecule has 0 spiro atoms. The summed E-state index contributed by atoms with van der Waals surface area (Å²) in [6, 6.07) is 6.16. The summed E-state index contributed by atoms with van der Waals surface area (Å²) in [5, 5.41) is 10.1. The highest BCUT2D eigenvalue weighted by Gasteiger charge is 2.43. The molecule has 1 fully saturated rings. The summed E-state index contributed by atoms with van der Waals surface area (Å²) in [5.74, 6) is -5.63. The van der Waals surface area contributed by atoms with Crippen LogP contribution < -0.4 is 0 Å². The van der Waals surface area contributed by atoms with Crippen LogP contribution in [0.1, 0.15) is 34.6 Å². The standard InChI is InChI=1S/C16H13NO7/c1-16(2)23-14(21)11(15(22)24-16)10(18)7-17-12(19)8-5-3-4-6-9(8)13(17)20/h3-6,18H,7H2,1-2H3. The molecule has 8 heteroatoms. The van der Waals surface area contributed by atoms with E-state index in [-0.39, 0.29) is 11.1 Å². The van der Waals surface area contributed by atoms with Crippen molar-refractivity contribution in [1.82, 2.24) is 4.90 Å². The number of carbonyl (C=O) groups is 4. The first-order valence-corrected chi connectivity index (χ1v) is 7.05. The van der Waals surface area contributed by atoms with Crippen LogP contribution in [0.2, 0.25) is 0 Å². The fourth-order valence-electron chi connectivity index (χ4n) is 2.50. The minimum atomic E-state index is -1.45. The number of nitrogens with zero attached hydrogens (tertiary/aromatic N) is 1. The lowest BCUT2D eigenvalue weighted by Crippen LogP contribution is -2.43. The molecule has 2 amide bonds. The van der Waals surface area contributed by atoms with Gasteiger partial charge < -0.3 is 14.6 Å². The summed E-state index contributed by atoms with van der Waals surface area (Å²) in [4.78, 5) is 49.0. The molecule has 0 aromatic heterocycles. The van der Waals surface area contributed by atoms with E-state index >= 15 is 0 Å². The number of amides is 2. The van der Waals surface area contributed by atoms with Crippen molar-refractivity contribution in [2.45, 2.75) is 19.6 Å². The van der Waals surface area contributed by atoms with Crippen LogP contribution >= 0.6 is 0 Å². The van der Waals surface area contributed by atoms with Crippen LogP contribution in [-0.2, 0) is 19.1 Å². The molecule has 2 aliphatic heterocycles. The maximum atomic E-state index is 12.2. The SMILES string of the molecule is CC1(C)OC(=O)C(=C(O)CN2C(=O)c3ccccc3C2=O)C(=O)O1. The summed E-state index contributed by atoms with van der Waals surface area (Å²) in [6.45, 7) is 2.09. The minimum Gasteiger partial charge on any atom is -0.509 e. The van der Waals surface area contributed by atoms with E-state index in [2.05, 4.69) is 0 Å². The van der Waals surface area contributed by atoms with E-state index in [9.17, 15) is 24.3 Å². The summed E-state index contributed by atoms with van der Waals surface area (Å²) < 4.78 is 9.74. The normalized spacial score (nSPS) is 19.1. The number of imide groups is 1. The minimum absolute atomic E-state index is 0.190. The van der Waals surface area contributed by atoms with Gasteiger partial charge in [-0.2, -0.15) is 0 Å². The van der Waals surface area contributed by atoms with E-state index in [0.29, 0.717) is 0 Å². The highest BCUT2D eigenvalue weighted by molar-refractivity contribution is 6.21. The monoisotopic (exact) mass is 331 g/mol. The van der Waals surface area contributed by atoms with Gasteiger partial charge in [-0.3, -0.25) is 14.5 Å². The number of aliphatic hydroxyl groups excluding tert-OH is 1. The number of cyclic esters (lactones) is 2. The predicted octanol–water partition coefficient (Wildman–Crippen LogP) is 0.931. The Hall–Kier alpha value is -3.16. The third-order valence-electron chi connectivity index (χ3n) is 3.56. The summed E-state index contributed by atoms with van der Waals surface area (Å²) in [6.07, 6.45) is 0. The van der Waals surface area contributed by atoms with Crippen molar-refractivity contribution in [2.75, 3.05) is 6.54 Å². The van der Waals surface area contributed by atoms with E-state index in [0.717, 1.165) is 4.90 Å². The van der Waals surface area contributed by atoms with Gasteiger partial charge in [-0.1, -0.05) is 12.1 Å². The van der Waals surface area contributed by atoms with Crippen molar-refractivity contribution in [3.05, 3.63) is 46.7 Å². The van der Waals surface area contributed by atoms with Crippen LogP contribution in [-0.4, -0.2) is 46.1 Å². The number of hydrogen-bond acceptors (Lipinski definition) is 7. The van der Waals surface area contributed by atoms with Crippen LogP contribution in [0.15, 0.2) is 35.6 Å². The highest BCUT2D eigenvalue weighted by Crippen LogP contribution is 2.27. The van der Waals surface area contributed by atoms with E-state index < -0.39 is 47.4 Å². The zero-order valence-corrected chi connectivity index (χ0v) is 12.9. The van der Waals surface area contributed by atoms with Gasteiger partial charge in [0, 0.05) is 13.8 Å². The maximum Gasteiger partial charge on any atom is 0.352 e. The Morgan fingerprint density at radius 1 is 1.00 bits per heavy atom. The quantitative estimate of drug-likeness (QED) is 0.282. The zero-order valence-electron chi connectivity index (χ0n) is 12.9. The van der Waals surface area contributed by atoms with Crippen molar-refractivity contribution in [3.63, 3.8) is 0 Å². The molecular weight excluding hydrogens is 318 g/mol. The second-order valence-electron chi connectivity index (χ2n) is 5.74. The summed E-state index contributed by atoms with van der Waals surface area (Å²) in [7, 11) is 0. The molecule has 124 valence electrons. The molecule has 8 nitrogen and oxygen atoms in total. The molecule has 0 aliphatic carbocycles. The van der Waals surface area contributed by atoms with Gasteiger partial charge >= 0.3 is 11.9 Å². The molecule has 1 aromatic rings. The third-order valence-corrected chi connectivity index (χ3v) is 3.56. The van der Waals surface area contributed by atoms with Gasteiger partial charge in [-0.25, -0.2) is 9.59 Å².